The van der Waals surface area contributed by atoms with E-state index in [2.05, 4.69) is 56.3 Å². The summed E-state index contributed by atoms with van der Waals surface area (Å²) in [6, 6.07) is 16.0. The van der Waals surface area contributed by atoms with Crippen molar-refractivity contribution < 1.29 is 4.74 Å². The highest BCUT2D eigenvalue weighted by molar-refractivity contribution is 5.36. The second-order valence-corrected chi connectivity index (χ2v) is 5.42. The van der Waals surface area contributed by atoms with E-state index in [1.807, 2.05) is 12.1 Å². The van der Waals surface area contributed by atoms with Crippen molar-refractivity contribution >= 4 is 0 Å². The fraction of sp³-hybridized carbons (Fsp3) is 0.333. The third kappa shape index (κ3) is 3.84. The minimum atomic E-state index is 0.909. The van der Waals surface area contributed by atoms with E-state index in [0.29, 0.717) is 0 Å². The summed E-state index contributed by atoms with van der Waals surface area (Å²) in [4.78, 5) is 2.19. The maximum atomic E-state index is 5.27. The average Bonchev–Trinajstić information content (AvgIpc) is 2.42. The number of rotatable bonds is 5. The number of ether oxygens (including phenoxy) is 1. The van der Waals surface area contributed by atoms with Gasteiger partial charge in [-0.05, 0) is 67.9 Å². The van der Waals surface area contributed by atoms with Crippen LogP contribution in [0.4, 0.5) is 0 Å². The standard InChI is InChI=1S/C18H22NO/c1-14-8-9-16(11-17(14)13-19(2)3)10-15-6-5-7-18(12-15)20-4/h5-7,9,11-12H,10,13H2,1-4H3. The monoisotopic (exact) mass is 268 g/mol. The summed E-state index contributed by atoms with van der Waals surface area (Å²) in [5, 5.41) is 0. The predicted octanol–water partition coefficient (Wildman–Crippen LogP) is 3.46. The van der Waals surface area contributed by atoms with Crippen molar-refractivity contribution in [1.82, 2.24) is 4.90 Å². The largest absolute Gasteiger partial charge is 0.497 e. The Kier molecular flexibility index (Phi) is 4.80. The van der Waals surface area contributed by atoms with Crippen LogP contribution in [0.1, 0.15) is 22.3 Å². The van der Waals surface area contributed by atoms with Gasteiger partial charge in [-0.3, -0.25) is 0 Å². The molecule has 0 spiro atoms. The van der Waals surface area contributed by atoms with Crippen LogP contribution in [0.5, 0.6) is 5.75 Å². The molecule has 0 atom stereocenters. The van der Waals surface area contributed by atoms with E-state index >= 15 is 0 Å². The van der Waals surface area contributed by atoms with E-state index in [-0.39, 0.29) is 0 Å². The molecule has 0 aromatic heterocycles. The molecule has 0 aliphatic heterocycles. The van der Waals surface area contributed by atoms with E-state index in [4.69, 9.17) is 4.74 Å². The first-order valence-corrected chi connectivity index (χ1v) is 6.86. The van der Waals surface area contributed by atoms with Crippen LogP contribution in [0, 0.1) is 13.0 Å². The number of nitrogens with zero attached hydrogens (tertiary/aromatic N) is 1. The fourth-order valence-corrected chi connectivity index (χ4v) is 2.29. The quantitative estimate of drug-likeness (QED) is 0.823. The fourth-order valence-electron chi connectivity index (χ4n) is 2.29. The maximum Gasteiger partial charge on any atom is 0.119 e. The molecule has 2 heteroatoms. The van der Waals surface area contributed by atoms with E-state index < -0.39 is 0 Å². The normalized spacial score (nSPS) is 10.8. The molecule has 0 aliphatic carbocycles. The number of aryl methyl sites for hydroxylation is 1. The third-order valence-electron chi connectivity index (χ3n) is 3.34. The van der Waals surface area contributed by atoms with Gasteiger partial charge >= 0.3 is 0 Å². The zero-order valence-corrected chi connectivity index (χ0v) is 12.7. The van der Waals surface area contributed by atoms with Gasteiger partial charge in [0.2, 0.25) is 0 Å². The lowest BCUT2D eigenvalue weighted by molar-refractivity contribution is 0.401. The molecule has 0 amide bonds. The molecule has 105 valence electrons. The van der Waals surface area contributed by atoms with Crippen molar-refractivity contribution in [2.24, 2.45) is 0 Å². The summed E-state index contributed by atoms with van der Waals surface area (Å²) in [7, 11) is 5.89. The molecule has 0 N–H and O–H groups in total. The Morgan fingerprint density at radius 1 is 1.15 bits per heavy atom. The van der Waals surface area contributed by atoms with Gasteiger partial charge in [0.15, 0.2) is 0 Å². The van der Waals surface area contributed by atoms with Gasteiger partial charge in [0.25, 0.3) is 0 Å². The first kappa shape index (κ1) is 14.6. The molecular weight excluding hydrogens is 246 g/mol. The van der Waals surface area contributed by atoms with Crippen molar-refractivity contribution in [3.05, 3.63) is 64.7 Å². The van der Waals surface area contributed by atoms with Gasteiger partial charge in [-0.1, -0.05) is 24.3 Å². The topological polar surface area (TPSA) is 12.5 Å². The molecule has 2 aromatic carbocycles. The SMILES string of the molecule is COc1cccc(Cc2c[c]c(C)c(CN(C)C)c2)c1. The van der Waals surface area contributed by atoms with Crippen LogP contribution in [0.25, 0.3) is 0 Å². The van der Waals surface area contributed by atoms with Crippen LogP contribution < -0.4 is 4.74 Å². The van der Waals surface area contributed by atoms with Crippen molar-refractivity contribution in [2.45, 2.75) is 19.9 Å². The van der Waals surface area contributed by atoms with Crippen LogP contribution in [0.15, 0.2) is 36.4 Å². The van der Waals surface area contributed by atoms with Crippen LogP contribution in [0.2, 0.25) is 0 Å². The zero-order chi connectivity index (χ0) is 14.5. The van der Waals surface area contributed by atoms with Crippen molar-refractivity contribution in [1.29, 1.82) is 0 Å². The molecule has 1 radical (unpaired) electrons. The number of methoxy groups -OCH3 is 1. The van der Waals surface area contributed by atoms with Gasteiger partial charge in [0.05, 0.1) is 7.11 Å². The maximum absolute atomic E-state index is 5.27. The molecule has 2 nitrogen and oxygen atoms in total. The smallest absolute Gasteiger partial charge is 0.119 e. The van der Waals surface area contributed by atoms with Gasteiger partial charge in [-0.2, -0.15) is 0 Å². The molecular formula is C18H22NO. The number of benzene rings is 2. The highest BCUT2D eigenvalue weighted by atomic mass is 16.5. The Morgan fingerprint density at radius 2 is 1.95 bits per heavy atom. The predicted molar refractivity (Wildman–Crippen MR) is 83.2 cm³/mol. The molecule has 20 heavy (non-hydrogen) atoms. The number of hydrogen-bond donors (Lipinski definition) is 0. The Morgan fingerprint density at radius 3 is 2.65 bits per heavy atom. The lowest BCUT2D eigenvalue weighted by atomic mass is 9.99. The second kappa shape index (κ2) is 6.58. The van der Waals surface area contributed by atoms with Crippen molar-refractivity contribution in [3.63, 3.8) is 0 Å². The minimum absolute atomic E-state index is 0.909. The summed E-state index contributed by atoms with van der Waals surface area (Å²) in [6.07, 6.45) is 0.911. The molecule has 0 saturated carbocycles. The summed E-state index contributed by atoms with van der Waals surface area (Å²) in [6.45, 7) is 3.07. The number of hydrogen-bond acceptors (Lipinski definition) is 2. The third-order valence-corrected chi connectivity index (χ3v) is 3.34. The van der Waals surface area contributed by atoms with Gasteiger partial charge in [0, 0.05) is 6.54 Å². The van der Waals surface area contributed by atoms with Crippen LogP contribution in [0.3, 0.4) is 0 Å². The Hall–Kier alpha value is -1.80. The first-order chi connectivity index (χ1) is 9.58. The van der Waals surface area contributed by atoms with Crippen molar-refractivity contribution in [3.8, 4) is 5.75 Å². The average molecular weight is 268 g/mol. The van der Waals surface area contributed by atoms with Gasteiger partial charge < -0.3 is 9.64 Å². The lowest BCUT2D eigenvalue weighted by Crippen LogP contribution is -2.12. The van der Waals surface area contributed by atoms with E-state index in [9.17, 15) is 0 Å². The Labute approximate surface area is 122 Å². The summed E-state index contributed by atoms with van der Waals surface area (Å²) in [5.41, 5.74) is 5.13. The molecule has 0 heterocycles. The summed E-state index contributed by atoms with van der Waals surface area (Å²) >= 11 is 0. The first-order valence-electron chi connectivity index (χ1n) is 6.86. The molecule has 2 aromatic rings. The van der Waals surface area contributed by atoms with Crippen LogP contribution in [-0.2, 0) is 13.0 Å². The van der Waals surface area contributed by atoms with E-state index in [0.717, 1.165) is 18.7 Å². The molecule has 0 unspecified atom stereocenters. The van der Waals surface area contributed by atoms with Gasteiger partial charge in [-0.15, -0.1) is 0 Å². The molecule has 0 fully saturated rings. The summed E-state index contributed by atoms with van der Waals surface area (Å²) < 4.78 is 5.27. The summed E-state index contributed by atoms with van der Waals surface area (Å²) in [5.74, 6) is 0.909. The molecule has 2 rings (SSSR count). The van der Waals surface area contributed by atoms with Crippen LogP contribution in [-0.4, -0.2) is 26.1 Å². The molecule has 0 saturated heterocycles. The second-order valence-electron chi connectivity index (χ2n) is 5.42. The Bertz CT molecular complexity index is 575. The lowest BCUT2D eigenvalue weighted by Gasteiger charge is -2.13. The molecule has 0 bridgehead atoms. The highest BCUT2D eigenvalue weighted by Crippen LogP contribution is 2.18. The van der Waals surface area contributed by atoms with Crippen molar-refractivity contribution in [2.75, 3.05) is 21.2 Å². The van der Waals surface area contributed by atoms with Gasteiger partial charge in [0.1, 0.15) is 5.75 Å². The molecule has 0 aliphatic rings. The van der Waals surface area contributed by atoms with E-state index in [1.54, 1.807) is 7.11 Å². The minimum Gasteiger partial charge on any atom is -0.497 e. The van der Waals surface area contributed by atoms with Gasteiger partial charge in [-0.25, -0.2) is 0 Å². The van der Waals surface area contributed by atoms with Crippen LogP contribution >= 0.6 is 0 Å². The highest BCUT2D eigenvalue weighted by Gasteiger charge is 2.04. The Balaban J connectivity index is 2.20. The van der Waals surface area contributed by atoms with E-state index in [1.165, 1.54) is 22.3 Å². The zero-order valence-electron chi connectivity index (χ0n) is 12.7.